The Labute approximate surface area is 248 Å². The van der Waals surface area contributed by atoms with Crippen LogP contribution in [0.5, 0.6) is 11.5 Å². The molecule has 0 radical (unpaired) electrons. The highest BCUT2D eigenvalue weighted by molar-refractivity contribution is 9.10. The van der Waals surface area contributed by atoms with Crippen LogP contribution in [-0.4, -0.2) is 27.6 Å². The summed E-state index contributed by atoms with van der Waals surface area (Å²) in [4.78, 5) is 13.0. The van der Waals surface area contributed by atoms with Crippen molar-refractivity contribution in [2.75, 3.05) is 7.11 Å². The van der Waals surface area contributed by atoms with E-state index in [9.17, 15) is 13.2 Å². The maximum absolute atomic E-state index is 13.1. The minimum absolute atomic E-state index is 0.123. The maximum Gasteiger partial charge on any atom is 0.242 e. The SMILES string of the molecule is COc1cc(/C=N\NC(=O)C[C@H](NS(=O)(=O)c2ccc(C)cc2)c2ccccc2)c(Br)cc1OCc1ccccc1. The third-order valence-corrected chi connectivity index (χ3v) is 8.31. The molecule has 0 aliphatic heterocycles. The molecule has 0 aliphatic carbocycles. The molecule has 0 aliphatic rings. The normalized spacial score (nSPS) is 12.2. The van der Waals surface area contributed by atoms with Crippen LogP contribution in [0.2, 0.25) is 0 Å². The van der Waals surface area contributed by atoms with E-state index in [4.69, 9.17) is 9.47 Å². The van der Waals surface area contributed by atoms with Gasteiger partial charge in [0.05, 0.1) is 24.3 Å². The molecule has 4 aromatic rings. The maximum atomic E-state index is 13.1. The number of aryl methyl sites for hydroxylation is 1. The van der Waals surface area contributed by atoms with E-state index in [0.717, 1.165) is 11.1 Å². The molecule has 0 bridgehead atoms. The molecule has 8 nitrogen and oxygen atoms in total. The van der Waals surface area contributed by atoms with Gasteiger partial charge in [-0.3, -0.25) is 4.79 Å². The van der Waals surface area contributed by atoms with E-state index in [-0.39, 0.29) is 11.3 Å². The van der Waals surface area contributed by atoms with E-state index < -0.39 is 22.0 Å². The number of hydrogen-bond acceptors (Lipinski definition) is 6. The summed E-state index contributed by atoms with van der Waals surface area (Å²) in [6.07, 6.45) is 1.31. The smallest absolute Gasteiger partial charge is 0.242 e. The Morgan fingerprint density at radius 1 is 0.951 bits per heavy atom. The highest BCUT2D eigenvalue weighted by atomic mass is 79.9. The largest absolute Gasteiger partial charge is 0.493 e. The summed E-state index contributed by atoms with van der Waals surface area (Å²) in [6, 6.07) is 27.9. The topological polar surface area (TPSA) is 106 Å². The molecule has 0 saturated carbocycles. The minimum atomic E-state index is -3.87. The fourth-order valence-electron chi connectivity index (χ4n) is 3.95. The van der Waals surface area contributed by atoms with E-state index in [1.165, 1.54) is 18.3 Å². The standard InChI is InChI=1S/C31H30BrN3O5S/c1-22-13-15-26(16-14-22)41(37,38)35-28(24-11-7-4-8-12-24)19-31(36)34-33-20-25-17-29(39-2)30(18-27(25)32)40-21-23-9-5-3-6-10-23/h3-18,20,28,35H,19,21H2,1-2H3,(H,34,36)/b33-20-/t28-/m0/s1. The molecule has 0 spiro atoms. The van der Waals surface area contributed by atoms with Gasteiger partial charge in [0.15, 0.2) is 11.5 Å². The Hall–Kier alpha value is -3.99. The quantitative estimate of drug-likeness (QED) is 0.149. The van der Waals surface area contributed by atoms with Crippen molar-refractivity contribution in [3.63, 3.8) is 0 Å². The average molecular weight is 637 g/mol. The number of hydrogen-bond donors (Lipinski definition) is 2. The number of sulfonamides is 1. The number of methoxy groups -OCH3 is 1. The van der Waals surface area contributed by atoms with E-state index >= 15 is 0 Å². The Morgan fingerprint density at radius 2 is 1.61 bits per heavy atom. The van der Waals surface area contributed by atoms with Gasteiger partial charge in [-0.25, -0.2) is 18.6 Å². The van der Waals surface area contributed by atoms with Crippen molar-refractivity contribution in [3.8, 4) is 11.5 Å². The van der Waals surface area contributed by atoms with Gasteiger partial charge in [0, 0.05) is 16.5 Å². The van der Waals surface area contributed by atoms with E-state index in [1.807, 2.05) is 43.3 Å². The molecule has 0 saturated heterocycles. The molecule has 1 amide bonds. The average Bonchev–Trinajstić information content (AvgIpc) is 2.97. The van der Waals surface area contributed by atoms with Crippen LogP contribution >= 0.6 is 15.9 Å². The van der Waals surface area contributed by atoms with Crippen LogP contribution in [-0.2, 0) is 21.4 Å². The fraction of sp³-hybridized carbons (Fsp3) is 0.161. The van der Waals surface area contributed by atoms with E-state index in [2.05, 4.69) is 31.2 Å². The lowest BCUT2D eigenvalue weighted by Crippen LogP contribution is -2.32. The summed E-state index contributed by atoms with van der Waals surface area (Å²) in [5, 5.41) is 4.08. The van der Waals surface area contributed by atoms with Crippen molar-refractivity contribution >= 4 is 38.1 Å². The third kappa shape index (κ3) is 8.50. The van der Waals surface area contributed by atoms with Crippen LogP contribution in [0.1, 0.15) is 34.7 Å². The fourth-order valence-corrected chi connectivity index (χ4v) is 5.60. The van der Waals surface area contributed by atoms with Crippen molar-refractivity contribution < 1.29 is 22.7 Å². The number of rotatable bonds is 12. The van der Waals surface area contributed by atoms with Gasteiger partial charge < -0.3 is 9.47 Å². The first-order valence-electron chi connectivity index (χ1n) is 12.8. The lowest BCUT2D eigenvalue weighted by atomic mass is 10.0. The van der Waals surface area contributed by atoms with Gasteiger partial charge in [-0.1, -0.05) is 78.4 Å². The van der Waals surface area contributed by atoms with Crippen molar-refractivity contribution in [1.82, 2.24) is 10.1 Å². The van der Waals surface area contributed by atoms with Gasteiger partial charge in [-0.15, -0.1) is 0 Å². The summed E-state index contributed by atoms with van der Waals surface area (Å²) in [5.41, 5.74) is 5.76. The Morgan fingerprint density at radius 3 is 2.27 bits per heavy atom. The van der Waals surface area contributed by atoms with Crippen molar-refractivity contribution in [1.29, 1.82) is 0 Å². The number of benzene rings is 4. The van der Waals surface area contributed by atoms with Gasteiger partial charge in [0.2, 0.25) is 15.9 Å². The molecule has 212 valence electrons. The first kappa shape index (κ1) is 30.0. The van der Waals surface area contributed by atoms with Gasteiger partial charge in [0.1, 0.15) is 6.61 Å². The zero-order chi connectivity index (χ0) is 29.2. The van der Waals surface area contributed by atoms with Crippen molar-refractivity contribution in [2.24, 2.45) is 5.10 Å². The van der Waals surface area contributed by atoms with Gasteiger partial charge in [0.25, 0.3) is 0 Å². The predicted molar refractivity (Wildman–Crippen MR) is 163 cm³/mol. The number of nitrogens with one attached hydrogen (secondary N) is 2. The summed E-state index contributed by atoms with van der Waals surface area (Å²) in [7, 11) is -2.33. The van der Waals surface area contributed by atoms with E-state index in [0.29, 0.717) is 33.7 Å². The summed E-state index contributed by atoms with van der Waals surface area (Å²) >= 11 is 3.52. The zero-order valence-electron chi connectivity index (χ0n) is 22.6. The van der Waals surface area contributed by atoms with Crippen molar-refractivity contribution in [3.05, 3.63) is 124 Å². The molecule has 0 aromatic heterocycles. The molecule has 2 N–H and O–H groups in total. The monoisotopic (exact) mass is 635 g/mol. The summed E-state index contributed by atoms with van der Waals surface area (Å²) in [5.74, 6) is 0.593. The van der Waals surface area contributed by atoms with Crippen LogP contribution in [0.4, 0.5) is 0 Å². The predicted octanol–water partition coefficient (Wildman–Crippen LogP) is 5.91. The molecule has 4 aromatic carbocycles. The molecule has 0 heterocycles. The van der Waals surface area contributed by atoms with Gasteiger partial charge >= 0.3 is 0 Å². The zero-order valence-corrected chi connectivity index (χ0v) is 25.0. The van der Waals surface area contributed by atoms with Crippen LogP contribution in [0, 0.1) is 6.92 Å². The third-order valence-electron chi connectivity index (χ3n) is 6.13. The molecule has 10 heteroatoms. The number of nitrogens with zero attached hydrogens (tertiary/aromatic N) is 1. The van der Waals surface area contributed by atoms with E-state index in [1.54, 1.807) is 55.6 Å². The molecular weight excluding hydrogens is 606 g/mol. The number of hydrazone groups is 1. The van der Waals surface area contributed by atoms with Crippen LogP contribution in [0.15, 0.2) is 112 Å². The van der Waals surface area contributed by atoms with Crippen molar-refractivity contribution in [2.45, 2.75) is 30.9 Å². The summed E-state index contributed by atoms with van der Waals surface area (Å²) < 4.78 is 40.9. The Balaban J connectivity index is 1.43. The van der Waals surface area contributed by atoms with Gasteiger partial charge in [-0.2, -0.15) is 5.10 Å². The van der Waals surface area contributed by atoms with Crippen LogP contribution in [0.25, 0.3) is 0 Å². The molecular formula is C31H30BrN3O5S. The van der Waals surface area contributed by atoms with Crippen LogP contribution < -0.4 is 19.6 Å². The second-order valence-corrected chi connectivity index (χ2v) is 11.8. The molecule has 0 fully saturated rings. The number of ether oxygens (including phenoxy) is 2. The lowest BCUT2D eigenvalue weighted by Gasteiger charge is -2.18. The Kier molecular flexibility index (Phi) is 10.3. The Bertz CT molecular complexity index is 1600. The first-order valence-corrected chi connectivity index (χ1v) is 15.0. The number of halogens is 1. The highest BCUT2D eigenvalue weighted by Gasteiger charge is 2.23. The number of amides is 1. The number of carbonyl (C=O) groups is 1. The molecule has 1 atom stereocenters. The first-order chi connectivity index (χ1) is 19.7. The summed E-state index contributed by atoms with van der Waals surface area (Å²) in [6.45, 7) is 2.26. The molecule has 0 unspecified atom stereocenters. The highest BCUT2D eigenvalue weighted by Crippen LogP contribution is 2.33. The van der Waals surface area contributed by atoms with Gasteiger partial charge in [-0.05, 0) is 58.2 Å². The van der Waals surface area contributed by atoms with Crippen LogP contribution in [0.3, 0.4) is 0 Å². The minimum Gasteiger partial charge on any atom is -0.493 e. The lowest BCUT2D eigenvalue weighted by molar-refractivity contribution is -0.121. The molecule has 41 heavy (non-hydrogen) atoms. The molecule has 4 rings (SSSR count). The second-order valence-electron chi connectivity index (χ2n) is 9.19. The number of carbonyl (C=O) groups excluding carboxylic acids is 1. The second kappa shape index (κ2) is 14.1.